The lowest BCUT2D eigenvalue weighted by atomic mass is 10.1. The van der Waals surface area contributed by atoms with Gasteiger partial charge in [-0.25, -0.2) is 4.79 Å². The first-order chi connectivity index (χ1) is 12.1. The van der Waals surface area contributed by atoms with Crippen LogP contribution in [0.25, 0.3) is 0 Å². The van der Waals surface area contributed by atoms with Crippen molar-refractivity contribution in [3.63, 3.8) is 0 Å². The number of rotatable bonds is 0. The van der Waals surface area contributed by atoms with Crippen molar-refractivity contribution in [2.75, 3.05) is 32.0 Å². The van der Waals surface area contributed by atoms with Gasteiger partial charge in [-0.05, 0) is 42.8 Å². The van der Waals surface area contributed by atoms with Crippen LogP contribution in [-0.4, -0.2) is 59.7 Å². The largest absolute Gasteiger partial charge is 0.489 e. The van der Waals surface area contributed by atoms with Crippen molar-refractivity contribution in [1.29, 1.82) is 0 Å². The number of hydrogen-bond acceptors (Lipinski definition) is 5. The van der Waals surface area contributed by atoms with Gasteiger partial charge in [0.15, 0.2) is 5.75 Å². The molecule has 0 spiro atoms. The van der Waals surface area contributed by atoms with Crippen LogP contribution in [-0.2, 0) is 4.74 Å². The predicted octanol–water partition coefficient (Wildman–Crippen LogP) is 3.14. The number of carbonyl (C=O) groups excluding carboxylic acids is 2. The van der Waals surface area contributed by atoms with Crippen LogP contribution in [0.1, 0.15) is 31.1 Å². The maximum Gasteiger partial charge on any atom is 0.410 e. The zero-order valence-electron chi connectivity index (χ0n) is 14.8. The molecule has 2 heterocycles. The van der Waals surface area contributed by atoms with Gasteiger partial charge in [0.2, 0.25) is 0 Å². The highest BCUT2D eigenvalue weighted by Gasteiger charge is 2.39. The van der Waals surface area contributed by atoms with Crippen LogP contribution in [0, 0.1) is 0 Å². The smallest absolute Gasteiger partial charge is 0.410 e. The number of halogens is 2. The molecule has 9 heteroatoms. The molecule has 0 saturated carbocycles. The van der Waals surface area contributed by atoms with Gasteiger partial charge in [0.25, 0.3) is 5.91 Å². The van der Waals surface area contributed by atoms with Crippen LogP contribution in [0.5, 0.6) is 5.75 Å². The summed E-state index contributed by atoms with van der Waals surface area (Å²) in [5, 5.41) is 0.311. The van der Waals surface area contributed by atoms with E-state index in [-0.39, 0.29) is 29.9 Å². The first kappa shape index (κ1) is 19.1. The Balaban J connectivity index is 1.84. The predicted molar refractivity (Wildman–Crippen MR) is 102 cm³/mol. The Bertz CT molecular complexity index is 765. The van der Waals surface area contributed by atoms with Gasteiger partial charge >= 0.3 is 6.09 Å². The van der Waals surface area contributed by atoms with Crippen molar-refractivity contribution < 1.29 is 19.1 Å². The molecule has 7 nitrogen and oxygen atoms in total. The average molecular weight is 447 g/mol. The maximum atomic E-state index is 13.0. The first-order valence-corrected chi connectivity index (χ1v) is 9.44. The lowest BCUT2D eigenvalue weighted by Crippen LogP contribution is -2.58. The quantitative estimate of drug-likeness (QED) is 0.619. The SMILES string of the molecule is CC(C)(C)OC(=O)N1CCN2C(=O)c3c(N)cc(Br)c(Cl)c3OCC2C1. The number of amides is 2. The number of fused-ring (bicyclic) bond motifs is 2. The molecule has 1 unspecified atom stereocenters. The number of benzene rings is 1. The minimum atomic E-state index is -0.575. The van der Waals surface area contributed by atoms with Crippen molar-refractivity contribution >= 4 is 45.2 Å². The number of nitrogens with zero attached hydrogens (tertiary/aromatic N) is 2. The average Bonchev–Trinajstić information content (AvgIpc) is 2.68. The molecule has 0 aliphatic carbocycles. The fourth-order valence-electron chi connectivity index (χ4n) is 3.06. The number of carbonyl (C=O) groups is 2. The number of piperazine rings is 1. The van der Waals surface area contributed by atoms with E-state index in [4.69, 9.17) is 26.8 Å². The second kappa shape index (κ2) is 6.81. The molecule has 3 rings (SSSR count). The van der Waals surface area contributed by atoms with Crippen molar-refractivity contribution in [3.8, 4) is 5.75 Å². The van der Waals surface area contributed by atoms with Crippen LogP contribution in [0.4, 0.5) is 10.5 Å². The summed E-state index contributed by atoms with van der Waals surface area (Å²) >= 11 is 9.60. The van der Waals surface area contributed by atoms with Crippen molar-refractivity contribution in [1.82, 2.24) is 9.80 Å². The third-order valence-corrected chi connectivity index (χ3v) is 5.47. The number of ether oxygens (including phenoxy) is 2. The lowest BCUT2D eigenvalue weighted by molar-refractivity contribution is 0.000960. The summed E-state index contributed by atoms with van der Waals surface area (Å²) in [6.07, 6.45) is -0.397. The molecular weight excluding hydrogens is 426 g/mol. The van der Waals surface area contributed by atoms with Gasteiger partial charge in [0.1, 0.15) is 17.8 Å². The van der Waals surface area contributed by atoms with Crippen LogP contribution in [0.3, 0.4) is 0 Å². The van der Waals surface area contributed by atoms with E-state index in [1.165, 1.54) is 0 Å². The van der Waals surface area contributed by atoms with Gasteiger partial charge < -0.3 is 25.0 Å². The summed E-state index contributed by atoms with van der Waals surface area (Å²) in [7, 11) is 0. The van der Waals surface area contributed by atoms with Gasteiger partial charge in [0.05, 0.1) is 11.1 Å². The molecule has 1 atom stereocenters. The molecule has 0 bridgehead atoms. The molecule has 26 heavy (non-hydrogen) atoms. The molecule has 2 aliphatic rings. The van der Waals surface area contributed by atoms with E-state index in [2.05, 4.69) is 15.9 Å². The number of nitrogen functional groups attached to an aromatic ring is 1. The van der Waals surface area contributed by atoms with Gasteiger partial charge in [0, 0.05) is 29.8 Å². The normalized spacial score (nSPS) is 20.0. The zero-order valence-corrected chi connectivity index (χ0v) is 17.2. The van der Waals surface area contributed by atoms with E-state index in [9.17, 15) is 9.59 Å². The summed E-state index contributed by atoms with van der Waals surface area (Å²) in [4.78, 5) is 28.6. The monoisotopic (exact) mass is 445 g/mol. The molecule has 2 N–H and O–H groups in total. The number of nitrogens with two attached hydrogens (primary N) is 1. The fraction of sp³-hybridized carbons (Fsp3) is 0.529. The zero-order chi connectivity index (χ0) is 19.2. The van der Waals surface area contributed by atoms with E-state index in [1.54, 1.807) is 15.9 Å². The van der Waals surface area contributed by atoms with Crippen LogP contribution >= 0.6 is 27.5 Å². The highest BCUT2D eigenvalue weighted by Crippen LogP contribution is 2.41. The van der Waals surface area contributed by atoms with Gasteiger partial charge in [-0.3, -0.25) is 4.79 Å². The highest BCUT2D eigenvalue weighted by molar-refractivity contribution is 9.10. The lowest BCUT2D eigenvalue weighted by Gasteiger charge is -2.40. The Kier molecular flexibility index (Phi) is 5.00. The second-order valence-electron chi connectivity index (χ2n) is 7.36. The van der Waals surface area contributed by atoms with E-state index in [0.29, 0.717) is 34.8 Å². The first-order valence-electron chi connectivity index (χ1n) is 8.27. The molecule has 2 aliphatic heterocycles. The minimum absolute atomic E-state index is 0.216. The Morgan fingerprint density at radius 2 is 2.12 bits per heavy atom. The Morgan fingerprint density at radius 1 is 1.42 bits per heavy atom. The molecule has 0 radical (unpaired) electrons. The summed E-state index contributed by atoms with van der Waals surface area (Å²) in [6.45, 7) is 6.76. The maximum absolute atomic E-state index is 13.0. The van der Waals surface area contributed by atoms with Gasteiger partial charge in [-0.1, -0.05) is 11.6 Å². The third-order valence-electron chi connectivity index (χ3n) is 4.24. The van der Waals surface area contributed by atoms with Crippen LogP contribution < -0.4 is 10.5 Å². The summed E-state index contributed by atoms with van der Waals surface area (Å²) in [5.41, 5.74) is 6.03. The number of anilines is 1. The summed E-state index contributed by atoms with van der Waals surface area (Å²) < 4.78 is 11.8. The van der Waals surface area contributed by atoms with Crippen LogP contribution in [0.2, 0.25) is 5.02 Å². The minimum Gasteiger partial charge on any atom is -0.489 e. The second-order valence-corrected chi connectivity index (χ2v) is 8.59. The highest BCUT2D eigenvalue weighted by atomic mass is 79.9. The van der Waals surface area contributed by atoms with Crippen molar-refractivity contribution in [2.45, 2.75) is 32.4 Å². The van der Waals surface area contributed by atoms with Crippen molar-refractivity contribution in [3.05, 3.63) is 21.1 Å². The topological polar surface area (TPSA) is 85.1 Å². The molecular formula is C17H21BrClN3O4. The molecule has 2 amide bonds. The Morgan fingerprint density at radius 3 is 2.77 bits per heavy atom. The van der Waals surface area contributed by atoms with Crippen molar-refractivity contribution in [2.24, 2.45) is 0 Å². The Labute approximate surface area is 165 Å². The standard InChI is InChI=1S/C17H21BrClN3O4/c1-17(2,3)26-16(24)21-4-5-22-9(7-21)8-25-14-12(15(22)23)11(20)6-10(18)13(14)19/h6,9H,4-5,7-8,20H2,1-3H3. The van der Waals surface area contributed by atoms with E-state index in [0.717, 1.165) is 0 Å². The fourth-order valence-corrected chi connectivity index (χ4v) is 3.69. The van der Waals surface area contributed by atoms with E-state index >= 15 is 0 Å². The summed E-state index contributed by atoms with van der Waals surface area (Å²) in [6, 6.07) is 1.30. The van der Waals surface area contributed by atoms with Gasteiger partial charge in [-0.2, -0.15) is 0 Å². The summed E-state index contributed by atoms with van der Waals surface area (Å²) in [5.74, 6) is 0.0417. The third kappa shape index (κ3) is 3.57. The number of hydrogen-bond donors (Lipinski definition) is 1. The molecule has 0 aromatic heterocycles. The Hall–Kier alpha value is -1.67. The molecule has 1 aromatic rings. The van der Waals surface area contributed by atoms with Gasteiger partial charge in [-0.15, -0.1) is 0 Å². The molecule has 1 aromatic carbocycles. The van der Waals surface area contributed by atoms with E-state index in [1.807, 2.05) is 20.8 Å². The van der Waals surface area contributed by atoms with Crippen LogP contribution in [0.15, 0.2) is 10.5 Å². The molecule has 142 valence electrons. The van der Waals surface area contributed by atoms with E-state index < -0.39 is 11.7 Å². The molecule has 1 saturated heterocycles. The molecule has 1 fully saturated rings.